The molecule has 15 heavy (non-hydrogen) atoms. The summed E-state index contributed by atoms with van der Waals surface area (Å²) in [6, 6.07) is 8.72. The Labute approximate surface area is 105 Å². The highest BCUT2D eigenvalue weighted by Gasteiger charge is 2.02. The van der Waals surface area contributed by atoms with Crippen molar-refractivity contribution in [1.29, 1.82) is 0 Å². The standard InChI is InChI=1S/C12H18BrNS/c1-2-3-4-11(14)9-15-12-7-5-10(13)6-8-12/h5-8,11H,2-4,9,14H2,1H3. The molecule has 0 fully saturated rings. The monoisotopic (exact) mass is 287 g/mol. The Kier molecular flexibility index (Phi) is 6.37. The third-order valence-electron chi connectivity index (χ3n) is 2.21. The van der Waals surface area contributed by atoms with Crippen LogP contribution in [0.5, 0.6) is 0 Å². The van der Waals surface area contributed by atoms with Gasteiger partial charge in [-0.25, -0.2) is 0 Å². The Bertz CT molecular complexity index is 273. The Hall–Kier alpha value is 0.01000. The third kappa shape index (κ3) is 5.59. The van der Waals surface area contributed by atoms with Gasteiger partial charge in [0.15, 0.2) is 0 Å². The molecule has 0 aliphatic carbocycles. The van der Waals surface area contributed by atoms with E-state index in [0.717, 1.165) is 16.6 Å². The van der Waals surface area contributed by atoms with E-state index in [1.807, 2.05) is 11.8 Å². The summed E-state index contributed by atoms with van der Waals surface area (Å²) in [6.45, 7) is 2.20. The maximum absolute atomic E-state index is 6.01. The molecule has 0 aliphatic heterocycles. The summed E-state index contributed by atoms with van der Waals surface area (Å²) in [4.78, 5) is 1.30. The van der Waals surface area contributed by atoms with Gasteiger partial charge in [-0.3, -0.25) is 0 Å². The van der Waals surface area contributed by atoms with Crippen LogP contribution in [0.1, 0.15) is 26.2 Å². The average molecular weight is 288 g/mol. The summed E-state index contributed by atoms with van der Waals surface area (Å²) in [5.41, 5.74) is 6.01. The van der Waals surface area contributed by atoms with Crippen molar-refractivity contribution >= 4 is 27.7 Å². The van der Waals surface area contributed by atoms with Gasteiger partial charge in [-0.05, 0) is 30.7 Å². The van der Waals surface area contributed by atoms with Crippen molar-refractivity contribution < 1.29 is 0 Å². The van der Waals surface area contributed by atoms with E-state index in [4.69, 9.17) is 5.73 Å². The van der Waals surface area contributed by atoms with E-state index in [-0.39, 0.29) is 0 Å². The summed E-state index contributed by atoms with van der Waals surface area (Å²) >= 11 is 5.27. The molecule has 0 aliphatic rings. The Morgan fingerprint density at radius 2 is 2.00 bits per heavy atom. The first-order chi connectivity index (χ1) is 7.22. The maximum atomic E-state index is 6.01. The summed E-state index contributed by atoms with van der Waals surface area (Å²) < 4.78 is 1.13. The van der Waals surface area contributed by atoms with Crippen molar-refractivity contribution in [2.24, 2.45) is 5.73 Å². The largest absolute Gasteiger partial charge is 0.327 e. The molecule has 1 unspecified atom stereocenters. The molecule has 1 atom stereocenters. The minimum absolute atomic E-state index is 0.332. The van der Waals surface area contributed by atoms with Gasteiger partial charge in [0.05, 0.1) is 0 Å². The Morgan fingerprint density at radius 1 is 1.33 bits per heavy atom. The van der Waals surface area contributed by atoms with Gasteiger partial charge in [0.2, 0.25) is 0 Å². The molecule has 0 heterocycles. The van der Waals surface area contributed by atoms with Gasteiger partial charge in [0.1, 0.15) is 0 Å². The van der Waals surface area contributed by atoms with Crippen LogP contribution >= 0.6 is 27.7 Å². The molecule has 84 valence electrons. The van der Waals surface area contributed by atoms with Crippen molar-refractivity contribution in [3.05, 3.63) is 28.7 Å². The number of rotatable bonds is 6. The van der Waals surface area contributed by atoms with E-state index in [9.17, 15) is 0 Å². The van der Waals surface area contributed by atoms with E-state index in [2.05, 4.69) is 47.1 Å². The number of hydrogen-bond acceptors (Lipinski definition) is 2. The number of halogens is 1. The third-order valence-corrected chi connectivity index (χ3v) is 3.94. The Morgan fingerprint density at radius 3 is 2.60 bits per heavy atom. The van der Waals surface area contributed by atoms with Crippen LogP contribution in [0.2, 0.25) is 0 Å². The summed E-state index contributed by atoms with van der Waals surface area (Å²) in [5, 5.41) is 0. The average Bonchev–Trinajstić information content (AvgIpc) is 2.25. The lowest BCUT2D eigenvalue weighted by Gasteiger charge is -2.10. The van der Waals surface area contributed by atoms with E-state index < -0.39 is 0 Å². The number of nitrogens with two attached hydrogens (primary N) is 1. The normalized spacial score (nSPS) is 12.7. The summed E-state index contributed by atoms with van der Waals surface area (Å²) in [7, 11) is 0. The van der Waals surface area contributed by atoms with Crippen LogP contribution in [-0.4, -0.2) is 11.8 Å². The zero-order valence-electron chi connectivity index (χ0n) is 9.08. The first-order valence-electron chi connectivity index (χ1n) is 5.36. The van der Waals surface area contributed by atoms with Crippen LogP contribution < -0.4 is 5.73 Å². The first kappa shape index (κ1) is 13.1. The van der Waals surface area contributed by atoms with Crippen LogP contribution in [0.15, 0.2) is 33.6 Å². The highest BCUT2D eigenvalue weighted by atomic mass is 79.9. The zero-order valence-corrected chi connectivity index (χ0v) is 11.5. The number of benzene rings is 1. The number of hydrogen-bond donors (Lipinski definition) is 1. The topological polar surface area (TPSA) is 26.0 Å². The SMILES string of the molecule is CCCCC(N)CSc1ccc(Br)cc1. The van der Waals surface area contributed by atoms with Crippen LogP contribution in [0, 0.1) is 0 Å². The lowest BCUT2D eigenvalue weighted by atomic mass is 10.2. The second-order valence-corrected chi connectivity index (χ2v) is 5.68. The molecule has 0 amide bonds. The highest BCUT2D eigenvalue weighted by molar-refractivity contribution is 9.10. The lowest BCUT2D eigenvalue weighted by molar-refractivity contribution is 0.622. The van der Waals surface area contributed by atoms with Crippen molar-refractivity contribution in [2.45, 2.75) is 37.1 Å². The van der Waals surface area contributed by atoms with Crippen LogP contribution in [0.3, 0.4) is 0 Å². The predicted molar refractivity (Wildman–Crippen MR) is 72.4 cm³/mol. The summed E-state index contributed by atoms with van der Waals surface area (Å²) in [6.07, 6.45) is 3.61. The Balaban J connectivity index is 2.27. The van der Waals surface area contributed by atoms with Crippen molar-refractivity contribution in [2.75, 3.05) is 5.75 Å². The smallest absolute Gasteiger partial charge is 0.0176 e. The molecule has 0 radical (unpaired) electrons. The zero-order chi connectivity index (χ0) is 11.1. The van der Waals surface area contributed by atoms with E-state index in [1.165, 1.54) is 17.7 Å². The molecule has 3 heteroatoms. The molecular weight excluding hydrogens is 270 g/mol. The second kappa shape index (κ2) is 7.31. The molecule has 0 aromatic heterocycles. The quantitative estimate of drug-likeness (QED) is 0.799. The van der Waals surface area contributed by atoms with E-state index in [1.54, 1.807) is 0 Å². The van der Waals surface area contributed by atoms with Crippen molar-refractivity contribution in [3.63, 3.8) is 0 Å². The van der Waals surface area contributed by atoms with Crippen LogP contribution in [-0.2, 0) is 0 Å². The molecule has 1 aromatic rings. The number of thioether (sulfide) groups is 1. The molecule has 0 saturated heterocycles. The minimum Gasteiger partial charge on any atom is -0.327 e. The van der Waals surface area contributed by atoms with Gasteiger partial charge in [0.25, 0.3) is 0 Å². The fourth-order valence-corrected chi connectivity index (χ4v) is 2.45. The van der Waals surface area contributed by atoms with Crippen LogP contribution in [0.25, 0.3) is 0 Å². The second-order valence-electron chi connectivity index (χ2n) is 3.67. The molecule has 1 nitrogen and oxygen atoms in total. The molecular formula is C12H18BrNS. The van der Waals surface area contributed by atoms with Crippen LogP contribution in [0.4, 0.5) is 0 Å². The fourth-order valence-electron chi connectivity index (χ4n) is 1.28. The van der Waals surface area contributed by atoms with Gasteiger partial charge in [-0.2, -0.15) is 0 Å². The van der Waals surface area contributed by atoms with Crippen molar-refractivity contribution in [3.8, 4) is 0 Å². The van der Waals surface area contributed by atoms with Gasteiger partial charge >= 0.3 is 0 Å². The molecule has 0 bridgehead atoms. The molecule has 0 spiro atoms. The minimum atomic E-state index is 0.332. The van der Waals surface area contributed by atoms with Gasteiger partial charge in [-0.1, -0.05) is 35.7 Å². The molecule has 0 saturated carbocycles. The van der Waals surface area contributed by atoms with E-state index in [0.29, 0.717) is 6.04 Å². The molecule has 1 aromatic carbocycles. The number of unbranched alkanes of at least 4 members (excludes halogenated alkanes) is 1. The van der Waals surface area contributed by atoms with Gasteiger partial charge in [-0.15, -0.1) is 11.8 Å². The predicted octanol–water partition coefficient (Wildman–Crippen LogP) is 4.06. The first-order valence-corrected chi connectivity index (χ1v) is 7.14. The lowest BCUT2D eigenvalue weighted by Crippen LogP contribution is -2.22. The van der Waals surface area contributed by atoms with Gasteiger partial charge < -0.3 is 5.73 Å². The summed E-state index contributed by atoms with van der Waals surface area (Å²) in [5.74, 6) is 1.02. The fraction of sp³-hybridized carbons (Fsp3) is 0.500. The van der Waals surface area contributed by atoms with Gasteiger partial charge in [0, 0.05) is 21.2 Å². The highest BCUT2D eigenvalue weighted by Crippen LogP contribution is 2.21. The molecule has 1 rings (SSSR count). The van der Waals surface area contributed by atoms with E-state index >= 15 is 0 Å². The molecule has 2 N–H and O–H groups in total. The van der Waals surface area contributed by atoms with Crippen molar-refractivity contribution in [1.82, 2.24) is 0 Å². The maximum Gasteiger partial charge on any atom is 0.0176 e.